The zero-order valence-corrected chi connectivity index (χ0v) is 19.1. The van der Waals surface area contributed by atoms with Gasteiger partial charge in [0.25, 0.3) is 5.91 Å². The van der Waals surface area contributed by atoms with Gasteiger partial charge in [0.1, 0.15) is 5.82 Å². The van der Waals surface area contributed by atoms with Crippen LogP contribution in [0.5, 0.6) is 0 Å². The van der Waals surface area contributed by atoms with Crippen LogP contribution in [-0.2, 0) is 6.54 Å². The Kier molecular flexibility index (Phi) is 5.90. The molecule has 0 atom stereocenters. The number of carbonyl (C=O) groups is 1. The number of aromatic nitrogens is 4. The van der Waals surface area contributed by atoms with Crippen LogP contribution in [0.25, 0.3) is 22.3 Å². The standard InChI is InChI=1S/C25H28N6O/c1-16(2)31-24-21(15-28-31)20(13-22(29-24)18-10-8-17(3)9-11-18)25(32)27-14-19-7-6-12-26-23(19)30(4)5/h6-13,15-16H,14H2,1-5H3,(H,27,32). The summed E-state index contributed by atoms with van der Waals surface area (Å²) < 4.78 is 1.86. The van der Waals surface area contributed by atoms with Crippen molar-refractivity contribution in [3.63, 3.8) is 0 Å². The molecule has 1 amide bonds. The Labute approximate surface area is 188 Å². The van der Waals surface area contributed by atoms with E-state index in [0.717, 1.165) is 28.0 Å². The molecule has 32 heavy (non-hydrogen) atoms. The summed E-state index contributed by atoms with van der Waals surface area (Å²) in [6.07, 6.45) is 3.48. The lowest BCUT2D eigenvalue weighted by atomic mass is 10.0. The fourth-order valence-electron chi connectivity index (χ4n) is 3.70. The van der Waals surface area contributed by atoms with Gasteiger partial charge < -0.3 is 10.2 Å². The number of fused-ring (bicyclic) bond motifs is 1. The van der Waals surface area contributed by atoms with Gasteiger partial charge in [-0.25, -0.2) is 14.6 Å². The number of nitrogens with one attached hydrogen (secondary N) is 1. The molecule has 0 unspecified atom stereocenters. The number of benzene rings is 1. The molecule has 0 aliphatic carbocycles. The summed E-state index contributed by atoms with van der Waals surface area (Å²) in [7, 11) is 3.88. The highest BCUT2D eigenvalue weighted by molar-refractivity contribution is 6.06. The number of nitrogens with zero attached hydrogens (tertiary/aromatic N) is 5. The third kappa shape index (κ3) is 4.19. The van der Waals surface area contributed by atoms with Crippen LogP contribution in [0.15, 0.2) is 54.9 Å². The van der Waals surface area contributed by atoms with E-state index in [1.54, 1.807) is 12.4 Å². The molecule has 0 saturated carbocycles. The van der Waals surface area contributed by atoms with Gasteiger partial charge in [-0.15, -0.1) is 0 Å². The minimum Gasteiger partial charge on any atom is -0.362 e. The van der Waals surface area contributed by atoms with Gasteiger partial charge in [0, 0.05) is 44.0 Å². The summed E-state index contributed by atoms with van der Waals surface area (Å²) in [5, 5.41) is 8.30. The van der Waals surface area contributed by atoms with Crippen molar-refractivity contribution in [2.75, 3.05) is 19.0 Å². The molecule has 7 nitrogen and oxygen atoms in total. The molecule has 1 N–H and O–H groups in total. The Morgan fingerprint density at radius 1 is 1.16 bits per heavy atom. The van der Waals surface area contributed by atoms with Crippen LogP contribution in [0.4, 0.5) is 5.82 Å². The minimum absolute atomic E-state index is 0.127. The molecule has 4 rings (SSSR count). The van der Waals surface area contributed by atoms with Gasteiger partial charge in [-0.1, -0.05) is 35.9 Å². The van der Waals surface area contributed by atoms with Gasteiger partial charge in [-0.2, -0.15) is 5.10 Å². The van der Waals surface area contributed by atoms with E-state index in [1.165, 1.54) is 5.56 Å². The highest BCUT2D eigenvalue weighted by Crippen LogP contribution is 2.27. The van der Waals surface area contributed by atoms with Gasteiger partial charge in [0.05, 0.1) is 22.8 Å². The Morgan fingerprint density at radius 2 is 1.91 bits per heavy atom. The van der Waals surface area contributed by atoms with Crippen molar-refractivity contribution >= 4 is 22.8 Å². The monoisotopic (exact) mass is 428 g/mol. The topological polar surface area (TPSA) is 75.9 Å². The number of aryl methyl sites for hydroxylation is 1. The van der Waals surface area contributed by atoms with E-state index < -0.39 is 0 Å². The van der Waals surface area contributed by atoms with Crippen molar-refractivity contribution in [1.29, 1.82) is 0 Å². The molecule has 1 aromatic carbocycles. The van der Waals surface area contributed by atoms with Crippen molar-refractivity contribution in [2.45, 2.75) is 33.4 Å². The second-order valence-electron chi connectivity index (χ2n) is 8.40. The third-order valence-electron chi connectivity index (χ3n) is 5.38. The van der Waals surface area contributed by atoms with Crippen molar-refractivity contribution in [1.82, 2.24) is 25.1 Å². The summed E-state index contributed by atoms with van der Waals surface area (Å²) in [4.78, 5) is 24.5. The van der Waals surface area contributed by atoms with E-state index >= 15 is 0 Å². The molecule has 7 heteroatoms. The van der Waals surface area contributed by atoms with E-state index in [-0.39, 0.29) is 11.9 Å². The summed E-state index contributed by atoms with van der Waals surface area (Å²) in [5.74, 6) is 0.670. The SMILES string of the molecule is Cc1ccc(-c2cc(C(=O)NCc3cccnc3N(C)C)c3cnn(C(C)C)c3n2)cc1. The maximum Gasteiger partial charge on any atom is 0.252 e. The lowest BCUT2D eigenvalue weighted by Crippen LogP contribution is -2.25. The minimum atomic E-state index is -0.164. The highest BCUT2D eigenvalue weighted by atomic mass is 16.1. The summed E-state index contributed by atoms with van der Waals surface area (Å²) in [6, 6.07) is 14.0. The van der Waals surface area contributed by atoms with Crippen LogP contribution in [0.1, 0.15) is 41.4 Å². The first kappa shape index (κ1) is 21.5. The molecule has 3 aromatic heterocycles. The average Bonchev–Trinajstić information content (AvgIpc) is 3.22. The maximum atomic E-state index is 13.3. The fraction of sp³-hybridized carbons (Fsp3) is 0.280. The number of pyridine rings is 2. The second-order valence-corrected chi connectivity index (χ2v) is 8.40. The largest absolute Gasteiger partial charge is 0.362 e. The van der Waals surface area contributed by atoms with E-state index in [0.29, 0.717) is 17.8 Å². The van der Waals surface area contributed by atoms with Crippen molar-refractivity contribution in [3.8, 4) is 11.3 Å². The van der Waals surface area contributed by atoms with E-state index in [4.69, 9.17) is 4.98 Å². The second kappa shape index (κ2) is 8.78. The number of rotatable bonds is 6. The van der Waals surface area contributed by atoms with E-state index in [1.807, 2.05) is 73.1 Å². The Balaban J connectivity index is 1.74. The third-order valence-corrected chi connectivity index (χ3v) is 5.38. The Bertz CT molecular complexity index is 1260. The van der Waals surface area contributed by atoms with E-state index in [9.17, 15) is 4.79 Å². The van der Waals surface area contributed by atoms with Crippen molar-refractivity contribution < 1.29 is 4.79 Å². The zero-order chi connectivity index (χ0) is 22.8. The first-order valence-electron chi connectivity index (χ1n) is 10.7. The Morgan fingerprint density at radius 3 is 2.59 bits per heavy atom. The number of hydrogen-bond acceptors (Lipinski definition) is 5. The van der Waals surface area contributed by atoms with Gasteiger partial charge in [0.2, 0.25) is 0 Å². The molecule has 0 aliphatic rings. The molecular weight excluding hydrogens is 400 g/mol. The molecular formula is C25H28N6O. The van der Waals surface area contributed by atoms with Crippen molar-refractivity contribution in [2.24, 2.45) is 0 Å². The quantitative estimate of drug-likeness (QED) is 0.493. The molecule has 0 fully saturated rings. The van der Waals surface area contributed by atoms with Crippen LogP contribution >= 0.6 is 0 Å². The summed E-state index contributed by atoms with van der Waals surface area (Å²) in [6.45, 7) is 6.53. The van der Waals surface area contributed by atoms with Crippen LogP contribution in [0.3, 0.4) is 0 Å². The number of hydrogen-bond donors (Lipinski definition) is 1. The number of carbonyl (C=O) groups excluding carboxylic acids is 1. The molecule has 4 aromatic rings. The molecule has 0 saturated heterocycles. The summed E-state index contributed by atoms with van der Waals surface area (Å²) >= 11 is 0. The van der Waals surface area contributed by atoms with Crippen LogP contribution in [-0.4, -0.2) is 39.8 Å². The molecule has 0 bridgehead atoms. The predicted molar refractivity (Wildman–Crippen MR) is 128 cm³/mol. The van der Waals surface area contributed by atoms with E-state index in [2.05, 4.69) is 29.2 Å². The molecule has 0 radical (unpaired) electrons. The highest BCUT2D eigenvalue weighted by Gasteiger charge is 2.19. The average molecular weight is 429 g/mol. The van der Waals surface area contributed by atoms with Gasteiger partial charge >= 0.3 is 0 Å². The molecule has 0 aliphatic heterocycles. The van der Waals surface area contributed by atoms with Gasteiger partial charge in [-0.05, 0) is 32.9 Å². The molecule has 0 spiro atoms. The lowest BCUT2D eigenvalue weighted by molar-refractivity contribution is 0.0952. The zero-order valence-electron chi connectivity index (χ0n) is 19.1. The number of anilines is 1. The first-order valence-corrected chi connectivity index (χ1v) is 10.7. The molecule has 3 heterocycles. The maximum absolute atomic E-state index is 13.3. The van der Waals surface area contributed by atoms with Gasteiger partial charge in [0.15, 0.2) is 5.65 Å². The smallest absolute Gasteiger partial charge is 0.252 e. The normalized spacial score (nSPS) is 11.2. The van der Waals surface area contributed by atoms with Crippen LogP contribution in [0.2, 0.25) is 0 Å². The van der Waals surface area contributed by atoms with Crippen molar-refractivity contribution in [3.05, 3.63) is 71.5 Å². The lowest BCUT2D eigenvalue weighted by Gasteiger charge is -2.16. The first-order chi connectivity index (χ1) is 15.3. The van der Waals surface area contributed by atoms with Gasteiger partial charge in [-0.3, -0.25) is 4.79 Å². The Hall–Kier alpha value is -3.74. The fourth-order valence-corrected chi connectivity index (χ4v) is 3.70. The van der Waals surface area contributed by atoms with Crippen LogP contribution < -0.4 is 10.2 Å². The van der Waals surface area contributed by atoms with Crippen LogP contribution in [0, 0.1) is 6.92 Å². The predicted octanol–water partition coefficient (Wildman–Crippen LogP) is 4.38. The summed E-state index contributed by atoms with van der Waals surface area (Å²) in [5.41, 5.74) is 5.11. The molecule has 164 valence electrons. The number of amides is 1.